The van der Waals surface area contributed by atoms with Crippen LogP contribution in [0.2, 0.25) is 0 Å². The van der Waals surface area contributed by atoms with Crippen molar-refractivity contribution in [3.63, 3.8) is 0 Å². The van der Waals surface area contributed by atoms with E-state index in [1.54, 1.807) is 12.1 Å². The predicted molar refractivity (Wildman–Crippen MR) is 59.7 cm³/mol. The minimum Gasteiger partial charge on any atom is -0.616 e. The Balaban J connectivity index is 2.88. The lowest BCUT2D eigenvalue weighted by atomic mass is 10.1. The zero-order valence-corrected chi connectivity index (χ0v) is 9.27. The molecule has 0 aliphatic heterocycles. The topological polar surface area (TPSA) is 80.2 Å². The molecule has 2 N–H and O–H groups in total. The van der Waals surface area contributed by atoms with Crippen LogP contribution in [0.25, 0.3) is 0 Å². The minimum absolute atomic E-state index is 0.160. The second-order valence-corrected chi connectivity index (χ2v) is 3.45. The fraction of sp³-hybridized carbons (Fsp3) is 0.455. The van der Waals surface area contributed by atoms with Crippen molar-refractivity contribution in [1.29, 1.82) is 5.41 Å². The van der Waals surface area contributed by atoms with Gasteiger partial charge in [-0.05, 0) is 12.5 Å². The lowest BCUT2D eigenvalue weighted by Gasteiger charge is -2.09. The van der Waals surface area contributed by atoms with Crippen LogP contribution in [0.5, 0.6) is 5.88 Å². The standard InChI is InChI=1S/C11H16N2O3/c1-2-6-16-11-9(7-10(12)8-14)4-3-5-13(11)15/h3-5,12,14H,2,6-8H2,1H3. The van der Waals surface area contributed by atoms with Crippen molar-refractivity contribution in [2.24, 2.45) is 0 Å². The maximum Gasteiger partial charge on any atom is 0.383 e. The molecule has 0 saturated carbocycles. The molecular weight excluding hydrogens is 208 g/mol. The molecular formula is C11H16N2O3. The zero-order chi connectivity index (χ0) is 12.0. The summed E-state index contributed by atoms with van der Waals surface area (Å²) in [5.74, 6) is 0.225. The smallest absolute Gasteiger partial charge is 0.383 e. The van der Waals surface area contributed by atoms with Gasteiger partial charge in [0, 0.05) is 18.2 Å². The summed E-state index contributed by atoms with van der Waals surface area (Å²) >= 11 is 0. The van der Waals surface area contributed by atoms with Crippen LogP contribution < -0.4 is 9.47 Å². The molecule has 1 heterocycles. The summed E-state index contributed by atoms with van der Waals surface area (Å²) in [5, 5.41) is 27.7. The normalized spacial score (nSPS) is 10.1. The van der Waals surface area contributed by atoms with E-state index in [0.29, 0.717) is 16.9 Å². The van der Waals surface area contributed by atoms with E-state index in [-0.39, 0.29) is 24.6 Å². The van der Waals surface area contributed by atoms with Gasteiger partial charge in [0.15, 0.2) is 6.20 Å². The van der Waals surface area contributed by atoms with Gasteiger partial charge >= 0.3 is 5.88 Å². The maximum atomic E-state index is 11.5. The fourth-order valence-corrected chi connectivity index (χ4v) is 1.29. The summed E-state index contributed by atoms with van der Waals surface area (Å²) in [4.78, 5) is 0. The first-order chi connectivity index (χ1) is 7.69. The van der Waals surface area contributed by atoms with Crippen molar-refractivity contribution in [1.82, 2.24) is 0 Å². The SMILES string of the molecule is CCCOc1c(CC(=N)CO)ccc[n+]1[O-]. The lowest BCUT2D eigenvalue weighted by molar-refractivity contribution is -0.613. The summed E-state index contributed by atoms with van der Waals surface area (Å²) in [5.41, 5.74) is 0.789. The molecule has 1 aromatic heterocycles. The number of pyridine rings is 1. The van der Waals surface area contributed by atoms with Gasteiger partial charge < -0.3 is 20.5 Å². The van der Waals surface area contributed by atoms with Gasteiger partial charge in [-0.1, -0.05) is 6.92 Å². The number of aromatic nitrogens is 1. The summed E-state index contributed by atoms with van der Waals surface area (Å²) in [6.45, 7) is 2.11. The van der Waals surface area contributed by atoms with Crippen LogP contribution in [0, 0.1) is 10.6 Å². The zero-order valence-electron chi connectivity index (χ0n) is 9.27. The molecule has 0 unspecified atom stereocenters. The van der Waals surface area contributed by atoms with Crippen LogP contribution >= 0.6 is 0 Å². The molecule has 0 aliphatic rings. The molecule has 0 amide bonds. The second kappa shape index (κ2) is 6.07. The van der Waals surface area contributed by atoms with Crippen molar-refractivity contribution >= 4 is 5.71 Å². The van der Waals surface area contributed by atoms with E-state index in [4.69, 9.17) is 15.3 Å². The van der Waals surface area contributed by atoms with E-state index in [1.165, 1.54) is 6.20 Å². The quantitative estimate of drug-likeness (QED) is 0.423. The van der Waals surface area contributed by atoms with Crippen molar-refractivity contribution in [3.05, 3.63) is 29.1 Å². The Morgan fingerprint density at radius 3 is 3.00 bits per heavy atom. The average Bonchev–Trinajstić information content (AvgIpc) is 2.28. The summed E-state index contributed by atoms with van der Waals surface area (Å²) in [6.07, 6.45) is 2.40. The minimum atomic E-state index is -0.305. The maximum absolute atomic E-state index is 11.5. The van der Waals surface area contributed by atoms with Gasteiger partial charge in [0.25, 0.3) is 0 Å². The summed E-state index contributed by atoms with van der Waals surface area (Å²) in [6, 6.07) is 3.33. The molecule has 16 heavy (non-hydrogen) atoms. The third-order valence-electron chi connectivity index (χ3n) is 2.03. The monoisotopic (exact) mass is 224 g/mol. The molecule has 0 aliphatic carbocycles. The van der Waals surface area contributed by atoms with E-state index >= 15 is 0 Å². The Bertz CT molecular complexity index is 366. The molecule has 0 bridgehead atoms. The molecule has 1 rings (SSSR count). The lowest BCUT2D eigenvalue weighted by Crippen LogP contribution is -2.30. The molecule has 1 aromatic rings. The molecule has 0 aromatic carbocycles. The van der Waals surface area contributed by atoms with Crippen LogP contribution in [-0.2, 0) is 6.42 Å². The van der Waals surface area contributed by atoms with Gasteiger partial charge in [-0.15, -0.1) is 4.73 Å². The molecule has 5 heteroatoms. The van der Waals surface area contributed by atoms with Crippen LogP contribution in [0.3, 0.4) is 0 Å². The third-order valence-corrected chi connectivity index (χ3v) is 2.03. The molecule has 0 spiro atoms. The molecule has 0 atom stereocenters. The number of rotatable bonds is 6. The number of aliphatic hydroxyl groups excluding tert-OH is 1. The third kappa shape index (κ3) is 3.20. The van der Waals surface area contributed by atoms with Gasteiger partial charge in [-0.25, -0.2) is 0 Å². The first kappa shape index (κ1) is 12.4. The Hall–Kier alpha value is -1.62. The largest absolute Gasteiger partial charge is 0.616 e. The Kier molecular flexibility index (Phi) is 4.72. The van der Waals surface area contributed by atoms with Crippen LogP contribution in [0.4, 0.5) is 0 Å². The van der Waals surface area contributed by atoms with Crippen molar-refractivity contribution in [2.45, 2.75) is 19.8 Å². The van der Waals surface area contributed by atoms with Crippen molar-refractivity contribution < 1.29 is 14.6 Å². The van der Waals surface area contributed by atoms with E-state index in [0.717, 1.165) is 6.42 Å². The highest BCUT2D eigenvalue weighted by Gasteiger charge is 2.14. The first-order valence-electron chi connectivity index (χ1n) is 5.20. The number of hydrogen-bond acceptors (Lipinski definition) is 4. The van der Waals surface area contributed by atoms with Gasteiger partial charge in [0.2, 0.25) is 0 Å². The Morgan fingerprint density at radius 2 is 2.38 bits per heavy atom. The summed E-state index contributed by atoms with van der Waals surface area (Å²) in [7, 11) is 0. The first-order valence-corrected chi connectivity index (χ1v) is 5.20. The predicted octanol–water partition coefficient (Wildman–Crippen LogP) is 0.663. The number of hydrogen-bond donors (Lipinski definition) is 2. The van der Waals surface area contributed by atoms with E-state index in [1.807, 2.05) is 6.92 Å². The second-order valence-electron chi connectivity index (χ2n) is 3.45. The number of aliphatic hydroxyl groups is 1. The Morgan fingerprint density at radius 1 is 1.62 bits per heavy atom. The van der Waals surface area contributed by atoms with Crippen LogP contribution in [-0.4, -0.2) is 24.0 Å². The molecule has 0 saturated heterocycles. The fourth-order valence-electron chi connectivity index (χ4n) is 1.29. The average molecular weight is 224 g/mol. The van der Waals surface area contributed by atoms with Crippen molar-refractivity contribution in [3.8, 4) is 5.88 Å². The highest BCUT2D eigenvalue weighted by molar-refractivity contribution is 5.84. The van der Waals surface area contributed by atoms with Gasteiger partial charge in [-0.3, -0.25) is 0 Å². The molecule has 88 valence electrons. The van der Waals surface area contributed by atoms with E-state index in [9.17, 15) is 5.21 Å². The van der Waals surface area contributed by atoms with Gasteiger partial charge in [0.05, 0.1) is 18.8 Å². The van der Waals surface area contributed by atoms with Crippen LogP contribution in [0.15, 0.2) is 18.3 Å². The van der Waals surface area contributed by atoms with E-state index < -0.39 is 0 Å². The molecule has 0 radical (unpaired) electrons. The number of nitrogens with one attached hydrogen (secondary N) is 1. The number of ether oxygens (including phenoxy) is 1. The van der Waals surface area contributed by atoms with Gasteiger partial charge in [-0.2, -0.15) is 0 Å². The summed E-state index contributed by atoms with van der Waals surface area (Å²) < 4.78 is 5.98. The number of nitrogens with zero attached hydrogens (tertiary/aromatic N) is 1. The Labute approximate surface area is 94.4 Å². The van der Waals surface area contributed by atoms with Crippen LogP contribution in [0.1, 0.15) is 18.9 Å². The molecule has 0 fully saturated rings. The van der Waals surface area contributed by atoms with E-state index in [2.05, 4.69) is 0 Å². The van der Waals surface area contributed by atoms with Gasteiger partial charge in [0.1, 0.15) is 0 Å². The molecule has 5 nitrogen and oxygen atoms in total. The van der Waals surface area contributed by atoms with Crippen molar-refractivity contribution in [2.75, 3.05) is 13.2 Å². The highest BCUT2D eigenvalue weighted by Crippen LogP contribution is 2.13. The highest BCUT2D eigenvalue weighted by atomic mass is 16.5.